The van der Waals surface area contributed by atoms with Crippen LogP contribution in [0.5, 0.6) is 0 Å². The van der Waals surface area contributed by atoms with Gasteiger partial charge in [0.05, 0.1) is 5.56 Å². The standard InChI is InChI=1S/C14H17N3O2/c1-7(2)12-15-13(17-16-12)10-8(3)5-6-9(4)11(10)14(18)19/h5-7H,1-4H3,(H,18,19)(H,15,16,17). The van der Waals surface area contributed by atoms with E-state index in [0.29, 0.717) is 17.0 Å². The van der Waals surface area contributed by atoms with E-state index in [1.54, 1.807) is 13.0 Å². The lowest BCUT2D eigenvalue weighted by Crippen LogP contribution is -2.05. The van der Waals surface area contributed by atoms with Crippen molar-refractivity contribution in [3.8, 4) is 11.4 Å². The Morgan fingerprint density at radius 3 is 2.42 bits per heavy atom. The lowest BCUT2D eigenvalue weighted by atomic mass is 9.97. The second-order valence-electron chi connectivity index (χ2n) is 4.95. The van der Waals surface area contributed by atoms with Crippen LogP contribution in [0.4, 0.5) is 0 Å². The monoisotopic (exact) mass is 259 g/mol. The first-order valence-electron chi connectivity index (χ1n) is 6.18. The summed E-state index contributed by atoms with van der Waals surface area (Å²) < 4.78 is 0. The third-order valence-corrected chi connectivity index (χ3v) is 3.11. The minimum Gasteiger partial charge on any atom is -0.478 e. The molecule has 0 saturated carbocycles. The number of nitrogens with zero attached hydrogens (tertiary/aromatic N) is 2. The summed E-state index contributed by atoms with van der Waals surface area (Å²) in [4.78, 5) is 15.8. The largest absolute Gasteiger partial charge is 0.478 e. The van der Waals surface area contributed by atoms with Gasteiger partial charge in [-0.1, -0.05) is 26.0 Å². The Hall–Kier alpha value is -2.17. The number of aromatic nitrogens is 3. The fourth-order valence-electron chi connectivity index (χ4n) is 2.02. The fraction of sp³-hybridized carbons (Fsp3) is 0.357. The molecule has 2 N–H and O–H groups in total. The summed E-state index contributed by atoms with van der Waals surface area (Å²) in [6, 6.07) is 3.70. The highest BCUT2D eigenvalue weighted by Crippen LogP contribution is 2.28. The molecule has 0 unspecified atom stereocenters. The average Bonchev–Trinajstić information content (AvgIpc) is 2.80. The number of aromatic carboxylic acids is 1. The first kappa shape index (κ1) is 13.3. The molecule has 0 aliphatic carbocycles. The molecule has 0 bridgehead atoms. The molecule has 0 aliphatic heterocycles. The lowest BCUT2D eigenvalue weighted by molar-refractivity contribution is 0.0697. The van der Waals surface area contributed by atoms with Crippen molar-refractivity contribution < 1.29 is 9.90 Å². The number of carboxylic acid groups (broad SMARTS) is 1. The third-order valence-electron chi connectivity index (χ3n) is 3.11. The molecule has 0 aliphatic rings. The number of aryl methyl sites for hydroxylation is 2. The van der Waals surface area contributed by atoms with Gasteiger partial charge in [-0.3, -0.25) is 5.10 Å². The van der Waals surface area contributed by atoms with Gasteiger partial charge >= 0.3 is 5.97 Å². The smallest absolute Gasteiger partial charge is 0.336 e. The summed E-state index contributed by atoms with van der Waals surface area (Å²) >= 11 is 0. The van der Waals surface area contributed by atoms with E-state index in [9.17, 15) is 9.90 Å². The van der Waals surface area contributed by atoms with Crippen molar-refractivity contribution in [3.63, 3.8) is 0 Å². The van der Waals surface area contributed by atoms with Gasteiger partial charge in [-0.05, 0) is 25.0 Å². The summed E-state index contributed by atoms with van der Waals surface area (Å²) in [5.74, 6) is 0.473. The lowest BCUT2D eigenvalue weighted by Gasteiger charge is -2.09. The van der Waals surface area contributed by atoms with E-state index in [1.165, 1.54) is 0 Å². The molecule has 1 heterocycles. The predicted molar refractivity (Wildman–Crippen MR) is 72.3 cm³/mol. The molecule has 0 radical (unpaired) electrons. The summed E-state index contributed by atoms with van der Waals surface area (Å²) in [6.07, 6.45) is 0. The molecular weight excluding hydrogens is 242 g/mol. The second-order valence-corrected chi connectivity index (χ2v) is 4.95. The first-order chi connectivity index (χ1) is 8.91. The summed E-state index contributed by atoms with van der Waals surface area (Å²) in [5, 5.41) is 16.4. The molecule has 100 valence electrons. The van der Waals surface area contributed by atoms with Crippen molar-refractivity contribution in [2.45, 2.75) is 33.6 Å². The molecule has 0 amide bonds. The molecule has 0 saturated heterocycles. The molecule has 5 nitrogen and oxygen atoms in total. The summed E-state index contributed by atoms with van der Waals surface area (Å²) in [7, 11) is 0. The van der Waals surface area contributed by atoms with E-state index < -0.39 is 5.97 Å². The van der Waals surface area contributed by atoms with Crippen molar-refractivity contribution in [1.29, 1.82) is 0 Å². The Labute approximate surface area is 111 Å². The summed E-state index contributed by atoms with van der Waals surface area (Å²) in [5.41, 5.74) is 2.44. The second kappa shape index (κ2) is 4.84. The number of carbonyl (C=O) groups is 1. The zero-order chi connectivity index (χ0) is 14.2. The number of benzene rings is 1. The Morgan fingerprint density at radius 2 is 1.89 bits per heavy atom. The third kappa shape index (κ3) is 2.36. The Bertz CT molecular complexity index is 630. The zero-order valence-electron chi connectivity index (χ0n) is 11.5. The maximum Gasteiger partial charge on any atom is 0.336 e. The highest BCUT2D eigenvalue weighted by molar-refractivity contribution is 5.97. The molecule has 1 aromatic carbocycles. The first-order valence-corrected chi connectivity index (χ1v) is 6.18. The molecule has 0 atom stereocenters. The van der Waals surface area contributed by atoms with Gasteiger partial charge in [0.1, 0.15) is 5.82 Å². The number of H-pyrrole nitrogens is 1. The quantitative estimate of drug-likeness (QED) is 0.888. The van der Waals surface area contributed by atoms with Crippen LogP contribution >= 0.6 is 0 Å². The number of hydrogen-bond acceptors (Lipinski definition) is 3. The van der Waals surface area contributed by atoms with Gasteiger partial charge in [0.15, 0.2) is 5.82 Å². The van der Waals surface area contributed by atoms with Gasteiger partial charge in [0.2, 0.25) is 0 Å². The Balaban J connectivity index is 2.66. The van der Waals surface area contributed by atoms with Crippen LogP contribution in [0.15, 0.2) is 12.1 Å². The van der Waals surface area contributed by atoms with E-state index in [2.05, 4.69) is 15.2 Å². The van der Waals surface area contributed by atoms with E-state index in [1.807, 2.05) is 26.8 Å². The average molecular weight is 259 g/mol. The van der Waals surface area contributed by atoms with Crippen LogP contribution in [0.25, 0.3) is 11.4 Å². The topological polar surface area (TPSA) is 78.9 Å². The van der Waals surface area contributed by atoms with E-state index >= 15 is 0 Å². The maximum absolute atomic E-state index is 11.4. The molecule has 2 aromatic rings. The van der Waals surface area contributed by atoms with Crippen LogP contribution in [-0.2, 0) is 0 Å². The van der Waals surface area contributed by atoms with Crippen molar-refractivity contribution >= 4 is 5.97 Å². The zero-order valence-corrected chi connectivity index (χ0v) is 11.5. The van der Waals surface area contributed by atoms with Gasteiger partial charge < -0.3 is 5.11 Å². The number of rotatable bonds is 3. The SMILES string of the molecule is Cc1ccc(C)c(-c2n[nH]c(C(C)C)n2)c1C(=O)O. The molecule has 2 rings (SSSR count). The van der Waals surface area contributed by atoms with Gasteiger partial charge in [-0.15, -0.1) is 0 Å². The van der Waals surface area contributed by atoms with Crippen molar-refractivity contribution in [2.75, 3.05) is 0 Å². The van der Waals surface area contributed by atoms with Gasteiger partial charge in [0, 0.05) is 11.5 Å². The predicted octanol–water partition coefficient (Wildman–Crippen LogP) is 2.91. The highest BCUT2D eigenvalue weighted by Gasteiger charge is 2.20. The van der Waals surface area contributed by atoms with E-state index in [-0.39, 0.29) is 11.5 Å². The van der Waals surface area contributed by atoms with Crippen LogP contribution in [0.3, 0.4) is 0 Å². The van der Waals surface area contributed by atoms with Crippen LogP contribution in [0.1, 0.15) is 47.1 Å². The van der Waals surface area contributed by atoms with Crippen LogP contribution < -0.4 is 0 Å². The number of carboxylic acids is 1. The summed E-state index contributed by atoms with van der Waals surface area (Å²) in [6.45, 7) is 7.66. The minimum atomic E-state index is -0.952. The molecule has 1 aromatic heterocycles. The van der Waals surface area contributed by atoms with Gasteiger partial charge in [-0.25, -0.2) is 9.78 Å². The Morgan fingerprint density at radius 1 is 1.26 bits per heavy atom. The molecule has 0 spiro atoms. The van der Waals surface area contributed by atoms with Gasteiger partial charge in [0.25, 0.3) is 0 Å². The van der Waals surface area contributed by atoms with Gasteiger partial charge in [-0.2, -0.15) is 5.10 Å². The van der Waals surface area contributed by atoms with Crippen molar-refractivity contribution in [1.82, 2.24) is 15.2 Å². The number of nitrogens with one attached hydrogen (secondary N) is 1. The molecule has 0 fully saturated rings. The van der Waals surface area contributed by atoms with Crippen LogP contribution in [0.2, 0.25) is 0 Å². The molecular formula is C14H17N3O2. The Kier molecular flexibility index (Phi) is 3.38. The molecule has 19 heavy (non-hydrogen) atoms. The normalized spacial score (nSPS) is 11.0. The maximum atomic E-state index is 11.4. The number of hydrogen-bond donors (Lipinski definition) is 2. The van der Waals surface area contributed by atoms with E-state index in [0.717, 1.165) is 11.4 Å². The van der Waals surface area contributed by atoms with Crippen molar-refractivity contribution in [2.24, 2.45) is 0 Å². The highest BCUT2D eigenvalue weighted by atomic mass is 16.4. The fourth-order valence-corrected chi connectivity index (χ4v) is 2.02. The minimum absolute atomic E-state index is 0.222. The molecule has 5 heteroatoms. The van der Waals surface area contributed by atoms with Crippen molar-refractivity contribution in [3.05, 3.63) is 34.6 Å². The van der Waals surface area contributed by atoms with E-state index in [4.69, 9.17) is 0 Å². The van der Waals surface area contributed by atoms with Crippen LogP contribution in [0, 0.1) is 13.8 Å². The van der Waals surface area contributed by atoms with Crippen LogP contribution in [-0.4, -0.2) is 26.3 Å². The number of aromatic amines is 1.